The lowest BCUT2D eigenvalue weighted by Crippen LogP contribution is -2.42. The Kier molecular flexibility index (Phi) is 4.49. The first-order valence-electron chi connectivity index (χ1n) is 5.43. The molecule has 90 valence electrons. The van der Waals surface area contributed by atoms with E-state index < -0.39 is 12.0 Å². The van der Waals surface area contributed by atoms with E-state index in [-0.39, 0.29) is 5.91 Å². The van der Waals surface area contributed by atoms with Crippen LogP contribution in [0.15, 0.2) is 11.1 Å². The van der Waals surface area contributed by atoms with Crippen molar-refractivity contribution < 1.29 is 14.3 Å². The van der Waals surface area contributed by atoms with Gasteiger partial charge >= 0.3 is 5.97 Å². The molecule has 1 amide bonds. The Morgan fingerprint density at radius 1 is 1.50 bits per heavy atom. The van der Waals surface area contributed by atoms with E-state index >= 15 is 0 Å². The van der Waals surface area contributed by atoms with Gasteiger partial charge in [0.05, 0.1) is 6.61 Å². The molecule has 1 heterocycles. The number of nitrogens with one attached hydrogen (secondary N) is 2. The Bertz CT molecular complexity index is 317. The fourth-order valence-electron chi connectivity index (χ4n) is 1.31. The highest BCUT2D eigenvalue weighted by molar-refractivity contribution is 5.96. The van der Waals surface area contributed by atoms with Crippen molar-refractivity contribution in [2.24, 2.45) is 0 Å². The summed E-state index contributed by atoms with van der Waals surface area (Å²) in [5, 5.41) is 5.68. The molecule has 0 aromatic heterocycles. The van der Waals surface area contributed by atoms with E-state index in [2.05, 4.69) is 10.6 Å². The lowest BCUT2D eigenvalue weighted by Gasteiger charge is -2.22. The lowest BCUT2D eigenvalue weighted by atomic mass is 10.0. The van der Waals surface area contributed by atoms with E-state index in [1.807, 2.05) is 0 Å². The summed E-state index contributed by atoms with van der Waals surface area (Å²) < 4.78 is 4.80. The molecule has 0 radical (unpaired) electrons. The normalized spacial score (nSPS) is 16.1. The van der Waals surface area contributed by atoms with Gasteiger partial charge in [-0.05, 0) is 26.3 Å². The van der Waals surface area contributed by atoms with Crippen molar-refractivity contribution in [2.75, 3.05) is 19.7 Å². The van der Waals surface area contributed by atoms with Gasteiger partial charge in [-0.3, -0.25) is 4.79 Å². The summed E-state index contributed by atoms with van der Waals surface area (Å²) in [5.74, 6) is -0.600. The highest BCUT2D eigenvalue weighted by Crippen LogP contribution is 2.08. The predicted octanol–water partition coefficient (Wildman–Crippen LogP) is -0.0261. The van der Waals surface area contributed by atoms with Crippen LogP contribution in [0.2, 0.25) is 0 Å². The smallest absolute Gasteiger partial charge is 0.328 e. The molecule has 0 aliphatic carbocycles. The minimum absolute atomic E-state index is 0.197. The van der Waals surface area contributed by atoms with Crippen LogP contribution in [-0.2, 0) is 14.3 Å². The minimum Gasteiger partial charge on any atom is -0.464 e. The third kappa shape index (κ3) is 3.06. The van der Waals surface area contributed by atoms with Crippen molar-refractivity contribution in [1.82, 2.24) is 10.6 Å². The van der Waals surface area contributed by atoms with E-state index in [4.69, 9.17) is 4.74 Å². The first-order chi connectivity index (χ1) is 7.56. The van der Waals surface area contributed by atoms with Crippen LogP contribution in [0.4, 0.5) is 0 Å². The fraction of sp³-hybridized carbons (Fsp3) is 0.636. The van der Waals surface area contributed by atoms with Crippen LogP contribution in [0.25, 0.3) is 0 Å². The van der Waals surface area contributed by atoms with Gasteiger partial charge in [0.1, 0.15) is 6.04 Å². The molecule has 16 heavy (non-hydrogen) atoms. The molecule has 1 unspecified atom stereocenters. The van der Waals surface area contributed by atoms with Gasteiger partial charge < -0.3 is 15.4 Å². The molecule has 0 aromatic carbocycles. The Morgan fingerprint density at radius 2 is 2.12 bits per heavy atom. The molecule has 1 rings (SSSR count). The van der Waals surface area contributed by atoms with Crippen molar-refractivity contribution in [3.63, 3.8) is 0 Å². The number of hydrogen-bond donors (Lipinski definition) is 2. The Balaban J connectivity index is 2.47. The number of ether oxygens (including phenoxy) is 1. The predicted molar refractivity (Wildman–Crippen MR) is 59.8 cm³/mol. The third-order valence-electron chi connectivity index (χ3n) is 2.54. The quantitative estimate of drug-likeness (QED) is 0.522. The molecule has 1 saturated heterocycles. The fourth-order valence-corrected chi connectivity index (χ4v) is 1.31. The topological polar surface area (TPSA) is 67.4 Å². The van der Waals surface area contributed by atoms with Gasteiger partial charge in [-0.2, -0.15) is 0 Å². The monoisotopic (exact) mass is 226 g/mol. The molecule has 0 spiro atoms. The average molecular weight is 226 g/mol. The van der Waals surface area contributed by atoms with Crippen molar-refractivity contribution in [3.8, 4) is 0 Å². The maximum Gasteiger partial charge on any atom is 0.328 e. The molecule has 1 aliphatic rings. The summed E-state index contributed by atoms with van der Waals surface area (Å²) in [6.07, 6.45) is 0. The largest absolute Gasteiger partial charge is 0.464 e. The third-order valence-corrected chi connectivity index (χ3v) is 2.54. The molecule has 5 heteroatoms. The van der Waals surface area contributed by atoms with Crippen molar-refractivity contribution in [2.45, 2.75) is 26.8 Å². The van der Waals surface area contributed by atoms with Gasteiger partial charge in [0, 0.05) is 18.7 Å². The molecule has 0 bridgehead atoms. The van der Waals surface area contributed by atoms with Crippen LogP contribution in [0.3, 0.4) is 0 Å². The molecular formula is C11H18N2O3. The maximum atomic E-state index is 11.7. The van der Waals surface area contributed by atoms with E-state index in [0.717, 1.165) is 18.7 Å². The number of esters is 1. The van der Waals surface area contributed by atoms with Crippen LogP contribution in [0.1, 0.15) is 20.8 Å². The zero-order valence-electron chi connectivity index (χ0n) is 9.92. The second-order valence-electron chi connectivity index (χ2n) is 3.78. The van der Waals surface area contributed by atoms with Gasteiger partial charge in [0.2, 0.25) is 5.91 Å². The molecule has 5 nitrogen and oxygen atoms in total. The van der Waals surface area contributed by atoms with E-state index in [0.29, 0.717) is 12.2 Å². The Hall–Kier alpha value is -1.36. The van der Waals surface area contributed by atoms with Crippen molar-refractivity contribution in [1.29, 1.82) is 0 Å². The standard InChI is InChI=1S/C11H18N2O3/c1-4-16-11(15)8(3)13-10(14)7(2)9-5-12-6-9/h8,12H,4-6H2,1-3H3,(H,13,14). The van der Waals surface area contributed by atoms with Crippen molar-refractivity contribution in [3.05, 3.63) is 11.1 Å². The Labute approximate surface area is 95.2 Å². The molecule has 0 aromatic rings. The van der Waals surface area contributed by atoms with E-state index in [1.165, 1.54) is 0 Å². The SMILES string of the molecule is CCOC(=O)C(C)NC(=O)C(C)=C1CNC1. The summed E-state index contributed by atoms with van der Waals surface area (Å²) >= 11 is 0. The number of carbonyl (C=O) groups excluding carboxylic acids is 2. The van der Waals surface area contributed by atoms with Crippen LogP contribution >= 0.6 is 0 Å². The average Bonchev–Trinajstić information content (AvgIpc) is 2.15. The van der Waals surface area contributed by atoms with Crippen LogP contribution in [-0.4, -0.2) is 37.6 Å². The number of carbonyl (C=O) groups is 2. The van der Waals surface area contributed by atoms with E-state index in [1.54, 1.807) is 20.8 Å². The van der Waals surface area contributed by atoms with Gasteiger partial charge in [-0.1, -0.05) is 0 Å². The highest BCUT2D eigenvalue weighted by atomic mass is 16.5. The minimum atomic E-state index is -0.601. The number of amides is 1. The molecule has 1 aliphatic heterocycles. The van der Waals surface area contributed by atoms with Crippen LogP contribution < -0.4 is 10.6 Å². The lowest BCUT2D eigenvalue weighted by molar-refractivity contribution is -0.146. The van der Waals surface area contributed by atoms with Gasteiger partial charge in [-0.15, -0.1) is 0 Å². The van der Waals surface area contributed by atoms with Gasteiger partial charge in [0.25, 0.3) is 0 Å². The molecule has 0 saturated carbocycles. The number of rotatable bonds is 4. The molecular weight excluding hydrogens is 208 g/mol. The van der Waals surface area contributed by atoms with E-state index in [9.17, 15) is 9.59 Å². The summed E-state index contributed by atoms with van der Waals surface area (Å²) in [6.45, 7) is 6.96. The van der Waals surface area contributed by atoms with Gasteiger partial charge in [-0.25, -0.2) is 4.79 Å². The van der Waals surface area contributed by atoms with Crippen LogP contribution in [0, 0.1) is 0 Å². The summed E-state index contributed by atoms with van der Waals surface area (Å²) in [7, 11) is 0. The zero-order valence-corrected chi connectivity index (χ0v) is 9.92. The highest BCUT2D eigenvalue weighted by Gasteiger charge is 2.20. The summed E-state index contributed by atoms with van der Waals surface area (Å²) in [4.78, 5) is 23.0. The Morgan fingerprint density at radius 3 is 2.56 bits per heavy atom. The second kappa shape index (κ2) is 5.65. The first-order valence-corrected chi connectivity index (χ1v) is 5.43. The van der Waals surface area contributed by atoms with Gasteiger partial charge in [0.15, 0.2) is 0 Å². The van der Waals surface area contributed by atoms with Crippen molar-refractivity contribution >= 4 is 11.9 Å². The molecule has 1 fully saturated rings. The number of hydrogen-bond acceptors (Lipinski definition) is 4. The molecule has 1 atom stereocenters. The summed E-state index contributed by atoms with van der Waals surface area (Å²) in [5.41, 5.74) is 1.78. The second-order valence-corrected chi connectivity index (χ2v) is 3.78. The molecule has 2 N–H and O–H groups in total. The first kappa shape index (κ1) is 12.7. The van der Waals surface area contributed by atoms with Crippen LogP contribution in [0.5, 0.6) is 0 Å². The zero-order chi connectivity index (χ0) is 12.1. The maximum absolute atomic E-state index is 11.7. The summed E-state index contributed by atoms with van der Waals surface area (Å²) in [6, 6.07) is -0.601.